The molecule has 0 bridgehead atoms. The number of aromatic nitrogens is 4. The van der Waals surface area contributed by atoms with Gasteiger partial charge in [0.25, 0.3) is 0 Å². The summed E-state index contributed by atoms with van der Waals surface area (Å²) in [5.74, 6) is 0.191. The standard InChI is InChI=1S/C11H18N5O6P/c1-6(3-21-23(18,19)20)22-11(7(2)17)16-5-15-8-9(12)13-4-14-10(8)16/h4-7,11,17H,3H2,1-2H3,(H2,12,13,14)(H2,18,19,20)/t6-,7?,11+/m1/s1. The quantitative estimate of drug-likeness (QED) is 0.493. The van der Waals surface area contributed by atoms with Crippen molar-refractivity contribution in [1.82, 2.24) is 19.5 Å². The molecule has 12 heteroatoms. The first-order chi connectivity index (χ1) is 10.7. The number of rotatable bonds is 7. The molecule has 2 heterocycles. The van der Waals surface area contributed by atoms with Gasteiger partial charge < -0.3 is 25.4 Å². The van der Waals surface area contributed by atoms with E-state index in [-0.39, 0.29) is 12.4 Å². The van der Waals surface area contributed by atoms with Crippen molar-refractivity contribution in [3.63, 3.8) is 0 Å². The zero-order valence-corrected chi connectivity index (χ0v) is 13.4. The zero-order chi connectivity index (χ0) is 17.2. The maximum atomic E-state index is 10.7. The van der Waals surface area contributed by atoms with Crippen molar-refractivity contribution in [3.05, 3.63) is 12.7 Å². The van der Waals surface area contributed by atoms with Crippen molar-refractivity contribution < 1.29 is 28.7 Å². The monoisotopic (exact) mass is 347 g/mol. The number of nitrogens with zero attached hydrogens (tertiary/aromatic N) is 4. The molecule has 128 valence electrons. The van der Waals surface area contributed by atoms with E-state index in [0.29, 0.717) is 11.2 Å². The van der Waals surface area contributed by atoms with E-state index in [4.69, 9.17) is 20.3 Å². The molecule has 2 rings (SSSR count). The van der Waals surface area contributed by atoms with Crippen molar-refractivity contribution in [2.24, 2.45) is 0 Å². The van der Waals surface area contributed by atoms with Gasteiger partial charge in [-0.25, -0.2) is 19.5 Å². The summed E-state index contributed by atoms with van der Waals surface area (Å²) < 4.78 is 22.2. The lowest BCUT2D eigenvalue weighted by Gasteiger charge is -2.26. The zero-order valence-electron chi connectivity index (χ0n) is 12.5. The van der Waals surface area contributed by atoms with Crippen LogP contribution < -0.4 is 5.73 Å². The Kier molecular flexibility index (Phi) is 5.30. The van der Waals surface area contributed by atoms with Gasteiger partial charge in [0.15, 0.2) is 17.7 Å². The summed E-state index contributed by atoms with van der Waals surface area (Å²) in [7, 11) is -4.59. The van der Waals surface area contributed by atoms with E-state index in [1.54, 1.807) is 6.92 Å². The smallest absolute Gasteiger partial charge is 0.389 e. The Hall–Kier alpha value is -1.62. The molecule has 23 heavy (non-hydrogen) atoms. The van der Waals surface area contributed by atoms with Gasteiger partial charge in [0.1, 0.15) is 11.8 Å². The van der Waals surface area contributed by atoms with E-state index in [1.807, 2.05) is 0 Å². The van der Waals surface area contributed by atoms with E-state index in [9.17, 15) is 9.67 Å². The predicted octanol–water partition coefficient (Wildman–Crippen LogP) is -0.198. The summed E-state index contributed by atoms with van der Waals surface area (Å²) in [6, 6.07) is 0. The third-order valence-electron chi connectivity index (χ3n) is 2.92. The lowest BCUT2D eigenvalue weighted by Crippen LogP contribution is -2.29. The second-order valence-electron chi connectivity index (χ2n) is 4.95. The van der Waals surface area contributed by atoms with Gasteiger partial charge in [-0.1, -0.05) is 0 Å². The number of hydrogen-bond donors (Lipinski definition) is 4. The van der Waals surface area contributed by atoms with E-state index in [0.717, 1.165) is 0 Å². The number of fused-ring (bicyclic) bond motifs is 1. The van der Waals surface area contributed by atoms with E-state index >= 15 is 0 Å². The summed E-state index contributed by atoms with van der Waals surface area (Å²) in [5, 5.41) is 9.95. The maximum absolute atomic E-state index is 10.7. The van der Waals surface area contributed by atoms with Crippen molar-refractivity contribution in [2.75, 3.05) is 12.3 Å². The Morgan fingerprint density at radius 2 is 2.04 bits per heavy atom. The lowest BCUT2D eigenvalue weighted by atomic mass is 10.3. The van der Waals surface area contributed by atoms with Crippen LogP contribution in [0.25, 0.3) is 11.2 Å². The molecule has 5 N–H and O–H groups in total. The first kappa shape index (κ1) is 17.7. The molecule has 0 radical (unpaired) electrons. The van der Waals surface area contributed by atoms with Crippen LogP contribution in [0.5, 0.6) is 0 Å². The highest BCUT2D eigenvalue weighted by Gasteiger charge is 2.25. The Bertz CT molecular complexity index is 716. The molecule has 0 aromatic carbocycles. The summed E-state index contributed by atoms with van der Waals surface area (Å²) >= 11 is 0. The fourth-order valence-corrected chi connectivity index (χ4v) is 2.35. The molecule has 0 aliphatic carbocycles. The molecule has 1 unspecified atom stereocenters. The Balaban J connectivity index is 2.21. The molecule has 0 aliphatic rings. The Morgan fingerprint density at radius 3 is 2.65 bits per heavy atom. The van der Waals surface area contributed by atoms with Gasteiger partial charge >= 0.3 is 7.82 Å². The minimum Gasteiger partial charge on any atom is -0.389 e. The number of imidazole rings is 1. The number of nitrogens with two attached hydrogens (primary N) is 1. The molecular formula is C11H18N5O6P. The fraction of sp³-hybridized carbons (Fsp3) is 0.545. The minimum absolute atomic E-state index is 0.191. The van der Waals surface area contributed by atoms with Crippen LogP contribution in [0, 0.1) is 0 Å². The number of phosphoric ester groups is 1. The first-order valence-electron chi connectivity index (χ1n) is 6.65. The van der Waals surface area contributed by atoms with Gasteiger partial charge in [-0.15, -0.1) is 0 Å². The van der Waals surface area contributed by atoms with Gasteiger partial charge in [0, 0.05) is 0 Å². The summed E-state index contributed by atoms with van der Waals surface area (Å²) in [6.07, 6.45) is 0.0866. The van der Waals surface area contributed by atoms with Crippen LogP contribution in [-0.2, 0) is 13.8 Å². The predicted molar refractivity (Wildman–Crippen MR) is 79.0 cm³/mol. The van der Waals surface area contributed by atoms with Crippen molar-refractivity contribution >= 4 is 24.8 Å². The molecule has 0 spiro atoms. The van der Waals surface area contributed by atoms with Crippen LogP contribution in [0.15, 0.2) is 12.7 Å². The largest absolute Gasteiger partial charge is 0.469 e. The number of aliphatic hydroxyl groups excluding tert-OH is 1. The summed E-state index contributed by atoms with van der Waals surface area (Å²) in [4.78, 5) is 29.4. The number of nitrogen functional groups attached to an aromatic ring is 1. The van der Waals surface area contributed by atoms with E-state index in [2.05, 4.69) is 19.5 Å². The maximum Gasteiger partial charge on any atom is 0.469 e. The van der Waals surface area contributed by atoms with Gasteiger partial charge in [-0.2, -0.15) is 0 Å². The average molecular weight is 347 g/mol. The molecule has 0 saturated heterocycles. The number of ether oxygens (including phenoxy) is 1. The highest BCUT2D eigenvalue weighted by atomic mass is 31.2. The van der Waals surface area contributed by atoms with E-state index < -0.39 is 26.3 Å². The minimum atomic E-state index is -4.59. The summed E-state index contributed by atoms with van der Waals surface area (Å²) in [5.41, 5.74) is 6.43. The van der Waals surface area contributed by atoms with Crippen molar-refractivity contribution in [3.8, 4) is 0 Å². The number of hydrogen-bond acceptors (Lipinski definition) is 8. The molecular weight excluding hydrogens is 329 g/mol. The normalized spacial score (nSPS) is 16.4. The van der Waals surface area contributed by atoms with Gasteiger partial charge in [-0.3, -0.25) is 9.09 Å². The second-order valence-corrected chi connectivity index (χ2v) is 6.19. The van der Waals surface area contributed by atoms with Crippen LogP contribution in [0.2, 0.25) is 0 Å². The second kappa shape index (κ2) is 6.87. The summed E-state index contributed by atoms with van der Waals surface area (Å²) in [6.45, 7) is 2.70. The molecule has 0 amide bonds. The molecule has 0 saturated carbocycles. The molecule has 0 aliphatic heterocycles. The highest BCUT2D eigenvalue weighted by Crippen LogP contribution is 2.36. The fourth-order valence-electron chi connectivity index (χ4n) is 1.95. The van der Waals surface area contributed by atoms with Gasteiger partial charge in [0.05, 0.1) is 25.1 Å². The molecule has 2 aromatic rings. The van der Waals surface area contributed by atoms with Crippen LogP contribution in [0.3, 0.4) is 0 Å². The Morgan fingerprint density at radius 1 is 1.35 bits per heavy atom. The van der Waals surface area contributed by atoms with Crippen LogP contribution in [0.1, 0.15) is 20.1 Å². The number of phosphoric acid groups is 1. The van der Waals surface area contributed by atoms with Crippen molar-refractivity contribution in [1.29, 1.82) is 0 Å². The number of anilines is 1. The van der Waals surface area contributed by atoms with Crippen LogP contribution in [0.4, 0.5) is 5.82 Å². The number of aliphatic hydroxyl groups is 1. The van der Waals surface area contributed by atoms with Gasteiger partial charge in [0.2, 0.25) is 0 Å². The van der Waals surface area contributed by atoms with Gasteiger partial charge in [-0.05, 0) is 13.8 Å². The third-order valence-corrected chi connectivity index (χ3v) is 3.41. The SMILES string of the molecule is CC(O)[C@H](O[C@H](C)COP(=O)(O)O)n1cnc2c(N)ncnc21. The van der Waals surface area contributed by atoms with Crippen LogP contribution in [-0.4, -0.2) is 53.2 Å². The first-order valence-corrected chi connectivity index (χ1v) is 8.18. The topological polar surface area (TPSA) is 166 Å². The molecule has 3 atom stereocenters. The van der Waals surface area contributed by atoms with Crippen molar-refractivity contribution in [2.45, 2.75) is 32.3 Å². The molecule has 11 nitrogen and oxygen atoms in total. The Labute approximate surface area is 131 Å². The highest BCUT2D eigenvalue weighted by molar-refractivity contribution is 7.46. The van der Waals surface area contributed by atoms with Crippen LogP contribution >= 0.6 is 7.82 Å². The lowest BCUT2D eigenvalue weighted by molar-refractivity contribution is -0.115. The molecule has 2 aromatic heterocycles. The molecule has 0 fully saturated rings. The van der Waals surface area contributed by atoms with E-state index in [1.165, 1.54) is 24.1 Å². The average Bonchev–Trinajstić information content (AvgIpc) is 2.86. The third kappa shape index (κ3) is 4.44.